The molecule has 0 bridgehead atoms. The van der Waals surface area contributed by atoms with Gasteiger partial charge < -0.3 is 54.4 Å². The van der Waals surface area contributed by atoms with Crippen LogP contribution in [0.15, 0.2) is 111 Å². The van der Waals surface area contributed by atoms with Gasteiger partial charge in [0, 0.05) is 70.8 Å². The molecule has 23 nitrogen and oxygen atoms in total. The second-order valence-electron chi connectivity index (χ2n) is 29.3. The molecule has 26 heteroatoms. The van der Waals surface area contributed by atoms with Gasteiger partial charge in [0.25, 0.3) is 5.88 Å². The molecular formula is C78H98N10O13S3. The number of benzene rings is 3. The molecule has 1 unspecified atom stereocenters. The van der Waals surface area contributed by atoms with E-state index < -0.39 is 59.7 Å². The minimum atomic E-state index is -0.803. The van der Waals surface area contributed by atoms with E-state index in [4.69, 9.17) is 13.8 Å². The van der Waals surface area contributed by atoms with Crippen LogP contribution in [0.4, 0.5) is 0 Å². The number of β-amino-alcohol motifs (C(OH)–C–C–N with tert-alkyl or cyclic N) is 3. The Morgan fingerprint density at radius 3 is 1.39 bits per heavy atom. The standard InChI is InChI=1S/C27H33N3O4S.C26H31N3O5S.C25H34N4O4S/c1-15(2)25(24-11-17(4)29-34-24)27(33)30-13-21(31)12-22(30)23(32)10-16(3)19-6-8-20(9-7-19)26-18(5)28-14-35-26;1-15(2)24(22-12-23(33-4)28-34-22)26(32)29-13-19(30)11-20(29)21(31)10-7-17-5-8-18(9-6-17)25-16(3)27-14-35-25;1-14(17-7-9-18(10-8-17)21-15(2)26-13-34-21)27-23(32)20-11-19(31)12-29(20)24(33)22(25(4,5)6)28-16(3)30/h6-9,11,14-16,21-22,25,31H,10,12-13H2,1-5H3;5-6,8-9,12,14-15,19-20,24,30H,7,10-11,13H2,1-4H3;7-10,13-14,19-20,22,31H,11-12H2,1-6H3,(H,27,32)(H,28,30)/t16-,21-,22+,25?;19-,20+,24-;14-,19+,20-,22+/m110/s1. The first-order chi connectivity index (χ1) is 49.3. The molecule has 3 aromatic carbocycles. The maximum absolute atomic E-state index is 13.6. The number of hydrogen-bond donors (Lipinski definition) is 5. The Kier molecular flexibility index (Phi) is 26.7. The van der Waals surface area contributed by atoms with Crippen LogP contribution in [0, 0.1) is 44.9 Å². The first kappa shape index (κ1) is 79.5. The van der Waals surface area contributed by atoms with Crippen molar-refractivity contribution in [3.63, 3.8) is 0 Å². The Bertz CT molecular complexity index is 4250. The number of aliphatic hydroxyl groups is 3. The third kappa shape index (κ3) is 19.4. The van der Waals surface area contributed by atoms with Crippen molar-refractivity contribution in [3.8, 4) is 37.2 Å². The summed E-state index contributed by atoms with van der Waals surface area (Å²) in [5.41, 5.74) is 15.0. The Labute approximate surface area is 620 Å². The molecule has 3 aliphatic rings. The van der Waals surface area contributed by atoms with Gasteiger partial charge in [-0.1, -0.05) is 133 Å². The predicted molar refractivity (Wildman–Crippen MR) is 400 cm³/mol. The summed E-state index contributed by atoms with van der Waals surface area (Å²) in [6.07, 6.45) is -0.403. The lowest BCUT2D eigenvalue weighted by Crippen LogP contribution is -2.57. The number of ketones is 2. The summed E-state index contributed by atoms with van der Waals surface area (Å²) < 4.78 is 15.9. The highest BCUT2D eigenvalue weighted by Gasteiger charge is 2.47. The van der Waals surface area contributed by atoms with Gasteiger partial charge in [-0.05, 0) is 103 Å². The van der Waals surface area contributed by atoms with Gasteiger partial charge in [-0.3, -0.25) is 33.6 Å². The van der Waals surface area contributed by atoms with Gasteiger partial charge in [0.15, 0.2) is 17.3 Å². The highest BCUT2D eigenvalue weighted by atomic mass is 32.1. The molecule has 5 amide bonds. The van der Waals surface area contributed by atoms with Gasteiger partial charge in [-0.2, -0.15) is 0 Å². The van der Waals surface area contributed by atoms with Crippen molar-refractivity contribution in [1.82, 2.24) is 50.6 Å². The van der Waals surface area contributed by atoms with Crippen molar-refractivity contribution >= 4 is 75.1 Å². The molecule has 3 aliphatic heterocycles. The van der Waals surface area contributed by atoms with Gasteiger partial charge in [-0.15, -0.1) is 34.0 Å². The van der Waals surface area contributed by atoms with Gasteiger partial charge >= 0.3 is 0 Å². The van der Waals surface area contributed by atoms with Crippen molar-refractivity contribution < 1.29 is 62.7 Å². The first-order valence-corrected chi connectivity index (χ1v) is 38.0. The number of hydrogen-bond acceptors (Lipinski definition) is 21. The minimum absolute atomic E-state index is 0.00776. The number of methoxy groups -OCH3 is 1. The second-order valence-corrected chi connectivity index (χ2v) is 31.8. The monoisotopic (exact) mass is 1480 g/mol. The average molecular weight is 1480 g/mol. The van der Waals surface area contributed by atoms with Crippen LogP contribution in [0.3, 0.4) is 0 Å². The lowest BCUT2D eigenvalue weighted by Gasteiger charge is -2.35. The molecule has 0 saturated carbocycles. The molecule has 3 fully saturated rings. The maximum Gasteiger partial charge on any atom is 0.254 e. The number of ether oxygens (including phenoxy) is 1. The lowest BCUT2D eigenvalue weighted by molar-refractivity contribution is -0.144. The molecule has 11 atom stereocenters. The summed E-state index contributed by atoms with van der Waals surface area (Å²) in [5.74, 6) is -1.62. The number of nitrogens with zero attached hydrogens (tertiary/aromatic N) is 8. The van der Waals surface area contributed by atoms with Gasteiger partial charge in [-0.25, -0.2) is 15.0 Å². The van der Waals surface area contributed by atoms with Crippen LogP contribution in [0.2, 0.25) is 0 Å². The number of carbonyl (C=O) groups is 7. The van der Waals surface area contributed by atoms with E-state index in [-0.39, 0.29) is 104 Å². The van der Waals surface area contributed by atoms with E-state index in [9.17, 15) is 48.9 Å². The van der Waals surface area contributed by atoms with Crippen LogP contribution in [-0.2, 0) is 40.0 Å². The summed E-state index contributed by atoms with van der Waals surface area (Å²) in [7, 11) is 1.48. The predicted octanol–water partition coefficient (Wildman–Crippen LogP) is 11.7. The zero-order valence-electron chi connectivity index (χ0n) is 61.9. The minimum Gasteiger partial charge on any atom is -0.479 e. The highest BCUT2D eigenvalue weighted by molar-refractivity contribution is 7.14. The van der Waals surface area contributed by atoms with Crippen molar-refractivity contribution in [2.24, 2.45) is 17.3 Å². The number of nitrogens with one attached hydrogen (secondary N) is 2. The summed E-state index contributed by atoms with van der Waals surface area (Å²) in [4.78, 5) is 113. The van der Waals surface area contributed by atoms with Gasteiger partial charge in [0.2, 0.25) is 29.5 Å². The molecule has 11 rings (SSSR count). The number of aryl methyl sites for hydroxylation is 5. The fourth-order valence-corrected chi connectivity index (χ4v) is 16.2. The van der Waals surface area contributed by atoms with Crippen LogP contribution in [0.5, 0.6) is 5.88 Å². The molecule has 8 heterocycles. The smallest absolute Gasteiger partial charge is 0.254 e. The molecule has 5 N–H and O–H groups in total. The Hall–Kier alpha value is -8.66. The maximum atomic E-state index is 13.6. The molecule has 0 spiro atoms. The van der Waals surface area contributed by atoms with E-state index in [0.717, 1.165) is 65.1 Å². The molecule has 0 radical (unpaired) electrons. The van der Waals surface area contributed by atoms with Crippen molar-refractivity contribution in [3.05, 3.63) is 152 Å². The van der Waals surface area contributed by atoms with E-state index in [1.807, 2.05) is 155 Å². The van der Waals surface area contributed by atoms with Crippen LogP contribution in [0.25, 0.3) is 31.3 Å². The number of aromatic nitrogens is 5. The summed E-state index contributed by atoms with van der Waals surface area (Å²) >= 11 is 4.81. The van der Waals surface area contributed by atoms with Crippen molar-refractivity contribution in [1.29, 1.82) is 0 Å². The van der Waals surface area contributed by atoms with Crippen LogP contribution >= 0.6 is 34.0 Å². The number of aliphatic hydroxyl groups excluding tert-OH is 3. The molecular weight excluding hydrogens is 1380 g/mol. The number of carbonyl (C=O) groups excluding carboxylic acids is 7. The summed E-state index contributed by atoms with van der Waals surface area (Å²) in [5, 5.41) is 44.4. The molecule has 104 heavy (non-hydrogen) atoms. The average Bonchev–Trinajstić information content (AvgIpc) is 1.64. The third-order valence-electron chi connectivity index (χ3n) is 19.4. The molecule has 8 aromatic rings. The van der Waals surface area contributed by atoms with Gasteiger partial charge in [0.05, 0.1) is 97.5 Å². The molecule has 0 aliphatic carbocycles. The number of likely N-dealkylation sites (tertiary alicyclic amines) is 3. The topological polar surface area (TPSA) is 314 Å². The molecule has 556 valence electrons. The Morgan fingerprint density at radius 1 is 0.567 bits per heavy atom. The number of thiazole rings is 3. The highest BCUT2D eigenvalue weighted by Crippen LogP contribution is 2.38. The lowest BCUT2D eigenvalue weighted by atomic mass is 9.85. The fourth-order valence-electron chi connectivity index (χ4n) is 13.8. The number of amides is 5. The van der Waals surface area contributed by atoms with Crippen molar-refractivity contribution in [2.75, 3.05) is 26.7 Å². The number of rotatable bonds is 23. The molecule has 3 saturated heterocycles. The first-order valence-electron chi connectivity index (χ1n) is 35.3. The zero-order valence-corrected chi connectivity index (χ0v) is 64.4. The van der Waals surface area contributed by atoms with Crippen LogP contribution in [0.1, 0.15) is 176 Å². The Balaban J connectivity index is 0.000000181. The van der Waals surface area contributed by atoms with E-state index in [1.165, 1.54) is 23.8 Å². The fraction of sp³-hybridized carbons (Fsp3) is 0.487. The van der Waals surface area contributed by atoms with Crippen molar-refractivity contribution in [2.45, 2.75) is 202 Å². The second kappa shape index (κ2) is 35.0. The summed E-state index contributed by atoms with van der Waals surface area (Å²) in [6, 6.07) is 24.6. The third-order valence-corrected chi connectivity index (χ3v) is 22.4. The summed E-state index contributed by atoms with van der Waals surface area (Å²) in [6.45, 7) is 26.7. The SMILES string of the molecule is CC(=O)N[C@H](C(=O)N1C[C@H](O)C[C@H]1C(=O)N[C@@H](C)c1ccc(-c2scnc2C)cc1)C(C)(C)C.COc1cc([C@H](C(=O)N2C[C@H](O)C[C@H]2C(=O)CCc2ccc(-c3scnc3C)cc2)C(C)C)on1.Cc1cc(C(C(=O)N2C[C@H](O)C[C@H]2C(=O)C[C@@H](C)c2ccc(-c3scnc3C)cc2)C(C)C)on1. The largest absolute Gasteiger partial charge is 0.479 e. The van der Waals surface area contributed by atoms with Crippen LogP contribution in [-0.4, -0.2) is 166 Å². The Morgan fingerprint density at radius 2 is 0.990 bits per heavy atom. The van der Waals surface area contributed by atoms with E-state index in [0.29, 0.717) is 42.4 Å². The normalized spacial score (nSPS) is 19.5. The van der Waals surface area contributed by atoms with E-state index in [1.54, 1.807) is 51.0 Å². The van der Waals surface area contributed by atoms with Gasteiger partial charge in [0.1, 0.15) is 29.7 Å². The zero-order chi connectivity index (χ0) is 75.6. The number of Topliss-reactive ketones (excluding diaryl/α,β-unsaturated/α-hetero) is 2. The van der Waals surface area contributed by atoms with Crippen LogP contribution < -0.4 is 15.4 Å². The van der Waals surface area contributed by atoms with E-state index in [2.05, 4.69) is 60.2 Å². The quantitative estimate of drug-likeness (QED) is 0.0397. The van der Waals surface area contributed by atoms with E-state index >= 15 is 0 Å². The molecule has 5 aromatic heterocycles.